The molecule has 100 valence electrons. The van der Waals surface area contributed by atoms with Gasteiger partial charge in [0, 0.05) is 6.42 Å². The smallest absolute Gasteiger partial charge is 0.303 e. The predicted octanol–water partition coefficient (Wildman–Crippen LogP) is 2.38. The summed E-state index contributed by atoms with van der Waals surface area (Å²) in [6, 6.07) is 0. The maximum absolute atomic E-state index is 11.2. The summed E-state index contributed by atoms with van der Waals surface area (Å²) in [5.74, 6) is 0.356. The Labute approximate surface area is 106 Å². The number of hydrogen-bond donors (Lipinski definition) is 2. The first-order chi connectivity index (χ1) is 8.48. The minimum Gasteiger partial charge on any atom is -0.481 e. The highest BCUT2D eigenvalue weighted by Crippen LogP contribution is 2.64. The van der Waals surface area contributed by atoms with Crippen LogP contribution in [-0.4, -0.2) is 22.2 Å². The maximum Gasteiger partial charge on any atom is 0.303 e. The Hall–Kier alpha value is -1.06. The lowest BCUT2D eigenvalue weighted by molar-refractivity contribution is -0.162. The zero-order chi connectivity index (χ0) is 12.9. The molecule has 0 heterocycles. The van der Waals surface area contributed by atoms with Crippen molar-refractivity contribution in [2.75, 3.05) is 0 Å². The van der Waals surface area contributed by atoms with Crippen LogP contribution in [0.2, 0.25) is 0 Å². The molecule has 4 heteroatoms. The Bertz CT molecular complexity index is 375. The average molecular weight is 252 g/mol. The van der Waals surface area contributed by atoms with E-state index in [1.165, 1.54) is 6.42 Å². The van der Waals surface area contributed by atoms with E-state index in [0.717, 1.165) is 25.7 Å². The van der Waals surface area contributed by atoms with Crippen LogP contribution in [0.4, 0.5) is 0 Å². The van der Waals surface area contributed by atoms with Crippen LogP contribution in [0, 0.1) is 29.1 Å². The molecule has 4 rings (SSSR count). The second-order valence-electron chi connectivity index (χ2n) is 6.74. The molecule has 4 fully saturated rings. The van der Waals surface area contributed by atoms with Crippen LogP contribution in [0.5, 0.6) is 0 Å². The van der Waals surface area contributed by atoms with E-state index in [0.29, 0.717) is 17.8 Å². The van der Waals surface area contributed by atoms with E-state index < -0.39 is 11.9 Å². The number of carboxylic acid groups (broad SMARTS) is 2. The summed E-state index contributed by atoms with van der Waals surface area (Å²) in [5, 5.41) is 18.3. The van der Waals surface area contributed by atoms with Gasteiger partial charge >= 0.3 is 11.9 Å². The molecule has 2 N–H and O–H groups in total. The van der Waals surface area contributed by atoms with E-state index in [2.05, 4.69) is 0 Å². The molecule has 0 amide bonds. The summed E-state index contributed by atoms with van der Waals surface area (Å²) < 4.78 is 0. The Morgan fingerprint density at radius 1 is 1.00 bits per heavy atom. The van der Waals surface area contributed by atoms with Gasteiger partial charge in [-0.05, 0) is 61.2 Å². The van der Waals surface area contributed by atoms with Gasteiger partial charge in [0.25, 0.3) is 0 Å². The van der Waals surface area contributed by atoms with Crippen molar-refractivity contribution in [1.82, 2.24) is 0 Å². The van der Waals surface area contributed by atoms with Crippen LogP contribution in [0.25, 0.3) is 0 Å². The number of aliphatic carboxylic acids is 2. The van der Waals surface area contributed by atoms with Crippen LogP contribution in [0.3, 0.4) is 0 Å². The summed E-state index contributed by atoms with van der Waals surface area (Å²) in [7, 11) is 0. The first kappa shape index (κ1) is 12.0. The molecule has 4 saturated carbocycles. The van der Waals surface area contributed by atoms with Gasteiger partial charge in [-0.15, -0.1) is 0 Å². The van der Waals surface area contributed by atoms with E-state index in [9.17, 15) is 14.7 Å². The van der Waals surface area contributed by atoms with E-state index in [1.54, 1.807) is 0 Å². The normalized spacial score (nSPS) is 45.1. The van der Waals surface area contributed by atoms with Gasteiger partial charge in [0.1, 0.15) is 0 Å². The predicted molar refractivity (Wildman–Crippen MR) is 64.0 cm³/mol. The Kier molecular flexibility index (Phi) is 2.65. The van der Waals surface area contributed by atoms with Gasteiger partial charge in [0.2, 0.25) is 0 Å². The molecule has 3 atom stereocenters. The van der Waals surface area contributed by atoms with Gasteiger partial charge < -0.3 is 10.2 Å². The topological polar surface area (TPSA) is 74.6 Å². The first-order valence-corrected chi connectivity index (χ1v) is 6.92. The van der Waals surface area contributed by atoms with Crippen molar-refractivity contribution in [3.63, 3.8) is 0 Å². The summed E-state index contributed by atoms with van der Waals surface area (Å²) in [5.41, 5.74) is -0.209. The van der Waals surface area contributed by atoms with Gasteiger partial charge in [-0.2, -0.15) is 0 Å². The summed E-state index contributed by atoms with van der Waals surface area (Å²) in [6.45, 7) is 0. The van der Waals surface area contributed by atoms with Crippen molar-refractivity contribution in [3.05, 3.63) is 0 Å². The molecule has 0 aromatic rings. The highest BCUT2D eigenvalue weighted by molar-refractivity contribution is 5.69. The molecular weight excluding hydrogens is 232 g/mol. The van der Waals surface area contributed by atoms with Crippen molar-refractivity contribution < 1.29 is 19.8 Å². The Balaban J connectivity index is 1.90. The lowest BCUT2D eigenvalue weighted by atomic mass is 9.44. The van der Waals surface area contributed by atoms with Gasteiger partial charge in [0.05, 0.1) is 6.42 Å². The second kappa shape index (κ2) is 3.97. The molecule has 0 aliphatic heterocycles. The standard InChI is InChI=1S/C14H20O4/c15-12(16)4-11-10-2-8-1-9(3-10)6-14(11,5-8)7-13(17)18/h8-11H,1-7H2,(H,15,16)(H,17,18). The van der Waals surface area contributed by atoms with Crippen LogP contribution in [0.15, 0.2) is 0 Å². The molecule has 4 aliphatic carbocycles. The van der Waals surface area contributed by atoms with Gasteiger partial charge in [-0.3, -0.25) is 9.59 Å². The van der Waals surface area contributed by atoms with E-state index in [-0.39, 0.29) is 24.2 Å². The van der Waals surface area contributed by atoms with Crippen LogP contribution in [0.1, 0.15) is 44.9 Å². The van der Waals surface area contributed by atoms with Crippen molar-refractivity contribution in [2.24, 2.45) is 29.1 Å². The average Bonchev–Trinajstić information content (AvgIpc) is 2.20. The zero-order valence-electron chi connectivity index (χ0n) is 10.5. The van der Waals surface area contributed by atoms with Crippen LogP contribution in [-0.2, 0) is 9.59 Å². The molecule has 0 radical (unpaired) electrons. The third-order valence-corrected chi connectivity index (χ3v) is 5.58. The molecule has 18 heavy (non-hydrogen) atoms. The molecule has 4 bridgehead atoms. The third kappa shape index (κ3) is 1.82. The second-order valence-corrected chi connectivity index (χ2v) is 6.74. The molecule has 0 spiro atoms. The van der Waals surface area contributed by atoms with Crippen molar-refractivity contribution in [1.29, 1.82) is 0 Å². The van der Waals surface area contributed by atoms with Crippen molar-refractivity contribution in [3.8, 4) is 0 Å². The molecule has 3 unspecified atom stereocenters. The lowest BCUT2D eigenvalue weighted by Gasteiger charge is -2.61. The number of hydrogen-bond acceptors (Lipinski definition) is 2. The fourth-order valence-electron chi connectivity index (χ4n) is 5.46. The summed E-state index contributed by atoms with van der Waals surface area (Å²) in [6.07, 6.45) is 5.75. The van der Waals surface area contributed by atoms with Crippen LogP contribution < -0.4 is 0 Å². The number of carbonyl (C=O) groups is 2. The highest BCUT2D eigenvalue weighted by Gasteiger charge is 2.57. The fourth-order valence-corrected chi connectivity index (χ4v) is 5.46. The molecular formula is C14H20O4. The first-order valence-electron chi connectivity index (χ1n) is 6.92. The minimum absolute atomic E-state index is 0.0962. The minimum atomic E-state index is -0.766. The van der Waals surface area contributed by atoms with Gasteiger partial charge in [-0.25, -0.2) is 0 Å². The third-order valence-electron chi connectivity index (χ3n) is 5.58. The van der Waals surface area contributed by atoms with E-state index >= 15 is 0 Å². The largest absolute Gasteiger partial charge is 0.481 e. The van der Waals surface area contributed by atoms with Crippen LogP contribution >= 0.6 is 0 Å². The van der Waals surface area contributed by atoms with Gasteiger partial charge in [0.15, 0.2) is 0 Å². The van der Waals surface area contributed by atoms with E-state index in [1.807, 2.05) is 0 Å². The zero-order valence-corrected chi connectivity index (χ0v) is 10.5. The maximum atomic E-state index is 11.2. The lowest BCUT2D eigenvalue weighted by Crippen LogP contribution is -2.53. The quantitative estimate of drug-likeness (QED) is 0.805. The highest BCUT2D eigenvalue weighted by atomic mass is 16.4. The van der Waals surface area contributed by atoms with Crippen molar-refractivity contribution >= 4 is 11.9 Å². The SMILES string of the molecule is O=C(O)CC1C2CC3CC(C2)CC1(CC(=O)O)C3. The fraction of sp³-hybridized carbons (Fsp3) is 0.857. The molecule has 4 nitrogen and oxygen atoms in total. The molecule has 0 aromatic carbocycles. The van der Waals surface area contributed by atoms with Crippen molar-refractivity contribution in [2.45, 2.75) is 44.9 Å². The summed E-state index contributed by atoms with van der Waals surface area (Å²) >= 11 is 0. The Morgan fingerprint density at radius 2 is 1.61 bits per heavy atom. The number of carboxylic acids is 2. The van der Waals surface area contributed by atoms with Gasteiger partial charge in [-0.1, -0.05) is 0 Å². The Morgan fingerprint density at radius 3 is 2.11 bits per heavy atom. The molecule has 0 aromatic heterocycles. The molecule has 4 aliphatic rings. The molecule has 0 saturated heterocycles. The van der Waals surface area contributed by atoms with E-state index in [4.69, 9.17) is 5.11 Å². The number of rotatable bonds is 4. The summed E-state index contributed by atoms with van der Waals surface area (Å²) in [4.78, 5) is 22.2. The monoisotopic (exact) mass is 252 g/mol.